The van der Waals surface area contributed by atoms with Gasteiger partial charge < -0.3 is 2.85 Å². The Kier molecular flexibility index (Phi) is 9.53. The molecule has 0 N–H and O–H groups in total. The molecule has 4 unspecified atom stereocenters. The Bertz CT molecular complexity index is 357. The molecule has 20 heavy (non-hydrogen) atoms. The Morgan fingerprint density at radius 3 is 2.35 bits per heavy atom. The Balaban J connectivity index is -0.000000902. The summed E-state index contributed by atoms with van der Waals surface area (Å²) in [5.41, 5.74) is 2.51. The molecule has 0 heterocycles. The summed E-state index contributed by atoms with van der Waals surface area (Å²) in [5, 5.41) is 0. The second-order valence-electron chi connectivity index (χ2n) is 7.28. The predicted molar refractivity (Wildman–Crippen MR) is 86.9 cm³/mol. The summed E-state index contributed by atoms with van der Waals surface area (Å²) in [6, 6.07) is 0. The van der Waals surface area contributed by atoms with E-state index in [1.807, 2.05) is 0 Å². The van der Waals surface area contributed by atoms with Crippen LogP contribution in [0.2, 0.25) is 18.6 Å². The first kappa shape index (κ1) is 20.9. The third-order valence-electron chi connectivity index (χ3n) is 5.12. The van der Waals surface area contributed by atoms with Gasteiger partial charge in [0.25, 0.3) is 0 Å². The molecule has 0 amide bonds. The van der Waals surface area contributed by atoms with Gasteiger partial charge >= 0.3 is 37.7 Å². The number of hydrogen-bond acceptors (Lipinski definition) is 0. The van der Waals surface area contributed by atoms with Crippen molar-refractivity contribution in [3.05, 3.63) is 23.8 Å². The SMILES string of the molecule is CC1CCC(C(C)C)C(C2=CC([SiH](C)C)C=C2)C1.[H-].[H-].[Li+].[Li+]. The van der Waals surface area contributed by atoms with Crippen LogP contribution in [0.3, 0.4) is 0 Å². The van der Waals surface area contributed by atoms with Crippen molar-refractivity contribution in [3.63, 3.8) is 0 Å². The molecule has 3 heteroatoms. The van der Waals surface area contributed by atoms with E-state index < -0.39 is 8.80 Å². The Hall–Kier alpha value is 0.892. The van der Waals surface area contributed by atoms with Crippen LogP contribution in [0.1, 0.15) is 42.9 Å². The molecule has 1 fully saturated rings. The molecule has 0 aromatic rings. The van der Waals surface area contributed by atoms with Crippen LogP contribution in [0.15, 0.2) is 23.8 Å². The molecule has 0 aromatic heterocycles. The fourth-order valence-corrected chi connectivity index (χ4v) is 4.97. The third kappa shape index (κ3) is 4.97. The normalized spacial score (nSPS) is 32.9. The van der Waals surface area contributed by atoms with Crippen molar-refractivity contribution in [2.24, 2.45) is 23.7 Å². The molecule has 1 saturated carbocycles. The van der Waals surface area contributed by atoms with E-state index in [2.05, 4.69) is 52.1 Å². The molecular formula is C17H32Li2Si. The molecule has 106 valence electrons. The molecule has 0 spiro atoms. The fraction of sp³-hybridized carbons (Fsp3) is 0.765. The summed E-state index contributed by atoms with van der Waals surface area (Å²) >= 11 is 0. The van der Waals surface area contributed by atoms with Crippen molar-refractivity contribution < 1.29 is 40.6 Å². The van der Waals surface area contributed by atoms with Crippen molar-refractivity contribution in [2.45, 2.75) is 58.7 Å². The molecule has 2 aliphatic carbocycles. The van der Waals surface area contributed by atoms with E-state index in [9.17, 15) is 0 Å². The largest absolute Gasteiger partial charge is 1.00 e. The van der Waals surface area contributed by atoms with Gasteiger partial charge in [-0.1, -0.05) is 58.5 Å². The average Bonchev–Trinajstić information content (AvgIpc) is 2.77. The van der Waals surface area contributed by atoms with E-state index in [0.717, 1.165) is 29.2 Å². The van der Waals surface area contributed by atoms with Crippen LogP contribution in [-0.4, -0.2) is 8.80 Å². The van der Waals surface area contributed by atoms with Gasteiger partial charge in [-0.15, -0.1) is 0 Å². The Morgan fingerprint density at radius 1 is 1.20 bits per heavy atom. The van der Waals surface area contributed by atoms with E-state index in [-0.39, 0.29) is 40.6 Å². The molecule has 2 rings (SSSR count). The topological polar surface area (TPSA) is 0 Å². The summed E-state index contributed by atoms with van der Waals surface area (Å²) < 4.78 is 0. The van der Waals surface area contributed by atoms with E-state index in [1.54, 1.807) is 5.57 Å². The first-order valence-corrected chi connectivity index (χ1v) is 10.9. The van der Waals surface area contributed by atoms with Crippen molar-refractivity contribution in [3.8, 4) is 0 Å². The first-order chi connectivity index (χ1) is 8.49. The van der Waals surface area contributed by atoms with Gasteiger partial charge in [0.2, 0.25) is 0 Å². The van der Waals surface area contributed by atoms with E-state index >= 15 is 0 Å². The second kappa shape index (κ2) is 9.13. The van der Waals surface area contributed by atoms with Crippen LogP contribution in [0, 0.1) is 23.7 Å². The summed E-state index contributed by atoms with van der Waals surface area (Å²) in [6.07, 6.45) is 11.9. The smallest absolute Gasteiger partial charge is 1.00 e. The van der Waals surface area contributed by atoms with Crippen molar-refractivity contribution in [2.75, 3.05) is 0 Å². The van der Waals surface area contributed by atoms with Crippen LogP contribution >= 0.6 is 0 Å². The monoisotopic (exact) mass is 278 g/mol. The Morgan fingerprint density at radius 2 is 1.85 bits per heavy atom. The van der Waals surface area contributed by atoms with Crippen molar-refractivity contribution in [1.82, 2.24) is 0 Å². The van der Waals surface area contributed by atoms with Gasteiger partial charge in [0.1, 0.15) is 0 Å². The summed E-state index contributed by atoms with van der Waals surface area (Å²) in [7, 11) is -0.539. The molecule has 4 atom stereocenters. The maximum Gasteiger partial charge on any atom is 1.00 e. The van der Waals surface area contributed by atoms with Gasteiger partial charge in [0, 0.05) is 8.80 Å². The predicted octanol–water partition coefficient (Wildman–Crippen LogP) is -0.719. The second-order valence-corrected chi connectivity index (χ2v) is 10.5. The Labute approximate surface area is 155 Å². The average molecular weight is 278 g/mol. The standard InChI is InChI=1S/C17H30Si.2Li.2H/c1-12(2)16-9-6-13(3)10-17(16)14-7-8-15(11-14)18(4)5;;;;/h7-8,11-13,15-18H,6,9-10H2,1-5H3;;;;/q;2*+1;2*-1. The zero-order valence-corrected chi connectivity index (χ0v) is 16.0. The minimum atomic E-state index is -0.539. The van der Waals surface area contributed by atoms with Gasteiger partial charge in [-0.3, -0.25) is 0 Å². The molecule has 0 bridgehead atoms. The van der Waals surface area contributed by atoms with Crippen LogP contribution in [-0.2, 0) is 0 Å². The van der Waals surface area contributed by atoms with Crippen LogP contribution < -0.4 is 37.7 Å². The van der Waals surface area contributed by atoms with E-state index in [1.165, 1.54) is 19.3 Å². The van der Waals surface area contributed by atoms with Gasteiger partial charge in [0.15, 0.2) is 0 Å². The van der Waals surface area contributed by atoms with Gasteiger partial charge in [-0.05, 0) is 47.6 Å². The third-order valence-corrected chi connectivity index (χ3v) is 7.07. The fourth-order valence-electron chi connectivity index (χ4n) is 3.80. The van der Waals surface area contributed by atoms with Crippen LogP contribution in [0.25, 0.3) is 0 Å². The summed E-state index contributed by atoms with van der Waals surface area (Å²) in [5.74, 6) is 3.54. The van der Waals surface area contributed by atoms with Gasteiger partial charge in [0.05, 0.1) is 0 Å². The maximum atomic E-state index is 2.62. The maximum absolute atomic E-state index is 2.62. The molecule has 2 aliphatic rings. The summed E-state index contributed by atoms with van der Waals surface area (Å²) in [6.45, 7) is 12.2. The van der Waals surface area contributed by atoms with Crippen LogP contribution in [0.4, 0.5) is 0 Å². The van der Waals surface area contributed by atoms with Crippen molar-refractivity contribution >= 4 is 8.80 Å². The number of rotatable bonds is 3. The van der Waals surface area contributed by atoms with Gasteiger partial charge in [-0.2, -0.15) is 0 Å². The molecule has 0 radical (unpaired) electrons. The van der Waals surface area contributed by atoms with Gasteiger partial charge in [-0.25, -0.2) is 0 Å². The zero-order valence-electron chi connectivity index (χ0n) is 16.8. The number of hydrogen-bond donors (Lipinski definition) is 0. The minimum Gasteiger partial charge on any atom is -1.00 e. The summed E-state index contributed by atoms with van der Waals surface area (Å²) in [4.78, 5) is 0. The van der Waals surface area contributed by atoms with Crippen molar-refractivity contribution in [1.29, 1.82) is 0 Å². The molecular weight excluding hydrogens is 246 g/mol. The minimum absolute atomic E-state index is 0. The molecule has 0 aliphatic heterocycles. The van der Waals surface area contributed by atoms with Crippen LogP contribution in [0.5, 0.6) is 0 Å². The molecule has 0 saturated heterocycles. The number of allylic oxidation sites excluding steroid dienone is 4. The zero-order chi connectivity index (χ0) is 13.3. The van der Waals surface area contributed by atoms with E-state index in [4.69, 9.17) is 0 Å². The quantitative estimate of drug-likeness (QED) is 0.598. The first-order valence-electron chi connectivity index (χ1n) is 7.89. The van der Waals surface area contributed by atoms with E-state index in [0.29, 0.717) is 0 Å². The molecule has 0 aromatic carbocycles. The molecule has 0 nitrogen and oxygen atoms in total.